The number of halogens is 2. The zero-order valence-electron chi connectivity index (χ0n) is 9.59. The number of rotatable bonds is 2. The van der Waals surface area contributed by atoms with Crippen LogP contribution in [0.15, 0.2) is 12.1 Å². The molecule has 18 heavy (non-hydrogen) atoms. The van der Waals surface area contributed by atoms with Gasteiger partial charge in [0.2, 0.25) is 0 Å². The minimum absolute atomic E-state index is 0.0423. The van der Waals surface area contributed by atoms with Gasteiger partial charge >= 0.3 is 5.97 Å². The molecule has 0 spiro atoms. The molecule has 92 valence electrons. The largest absolute Gasteiger partial charge is 0.465 e. The van der Waals surface area contributed by atoms with Crippen LogP contribution >= 0.6 is 0 Å². The molecule has 0 unspecified atom stereocenters. The van der Waals surface area contributed by atoms with Gasteiger partial charge in [-0.3, -0.25) is 4.79 Å². The minimum Gasteiger partial charge on any atom is -0.465 e. The molecule has 0 aliphatic carbocycles. The SMILES string of the molecule is CCOC(=O)CC#Cc1cc(F)c(F)cc1C#N. The molecule has 0 atom stereocenters. The van der Waals surface area contributed by atoms with Crippen LogP contribution in [0, 0.1) is 34.8 Å². The maximum atomic E-state index is 13.0. The van der Waals surface area contributed by atoms with Gasteiger partial charge in [-0.15, -0.1) is 0 Å². The fourth-order valence-corrected chi connectivity index (χ4v) is 1.17. The molecule has 0 aromatic heterocycles. The highest BCUT2D eigenvalue weighted by Crippen LogP contribution is 2.13. The number of benzene rings is 1. The van der Waals surface area contributed by atoms with E-state index < -0.39 is 17.6 Å². The molecular weight excluding hydrogens is 240 g/mol. The van der Waals surface area contributed by atoms with Crippen LogP contribution in [0.5, 0.6) is 0 Å². The number of esters is 1. The van der Waals surface area contributed by atoms with Crippen LogP contribution in [0.4, 0.5) is 8.78 Å². The summed E-state index contributed by atoms with van der Waals surface area (Å²) in [6.45, 7) is 1.91. The zero-order chi connectivity index (χ0) is 13.5. The molecule has 0 aliphatic heterocycles. The standard InChI is InChI=1S/C13H9F2NO2/c1-2-18-13(17)5-3-4-9-6-11(14)12(15)7-10(9)8-16/h6-7H,2,5H2,1H3. The average molecular weight is 249 g/mol. The molecule has 1 aromatic carbocycles. The van der Waals surface area contributed by atoms with Crippen molar-refractivity contribution < 1.29 is 18.3 Å². The van der Waals surface area contributed by atoms with Gasteiger partial charge in [0.25, 0.3) is 0 Å². The van der Waals surface area contributed by atoms with Crippen LogP contribution in [0.2, 0.25) is 0 Å². The van der Waals surface area contributed by atoms with E-state index in [4.69, 9.17) is 5.26 Å². The molecule has 0 aliphatic rings. The lowest BCUT2D eigenvalue weighted by Gasteiger charge is -1.97. The highest BCUT2D eigenvalue weighted by Gasteiger charge is 2.07. The predicted molar refractivity (Wildman–Crippen MR) is 59.2 cm³/mol. The Bertz CT molecular complexity index is 565. The van der Waals surface area contributed by atoms with Crippen LogP contribution in [-0.4, -0.2) is 12.6 Å². The quantitative estimate of drug-likeness (QED) is 0.596. The highest BCUT2D eigenvalue weighted by atomic mass is 19.2. The molecule has 0 N–H and O–H groups in total. The van der Waals surface area contributed by atoms with Crippen molar-refractivity contribution in [3.05, 3.63) is 34.9 Å². The van der Waals surface area contributed by atoms with Crippen molar-refractivity contribution in [1.82, 2.24) is 0 Å². The Morgan fingerprint density at radius 3 is 2.50 bits per heavy atom. The smallest absolute Gasteiger partial charge is 0.317 e. The first kappa shape index (κ1) is 13.7. The third-order valence-corrected chi connectivity index (χ3v) is 1.94. The Morgan fingerprint density at radius 2 is 1.94 bits per heavy atom. The topological polar surface area (TPSA) is 50.1 Å². The van der Waals surface area contributed by atoms with Crippen LogP contribution < -0.4 is 0 Å². The number of hydrogen-bond acceptors (Lipinski definition) is 3. The first-order valence-electron chi connectivity index (χ1n) is 5.12. The molecule has 1 rings (SSSR count). The van der Waals surface area contributed by atoms with Crippen molar-refractivity contribution in [2.75, 3.05) is 6.61 Å². The summed E-state index contributed by atoms with van der Waals surface area (Å²) in [7, 11) is 0. The monoisotopic (exact) mass is 249 g/mol. The van der Waals surface area contributed by atoms with Crippen molar-refractivity contribution >= 4 is 5.97 Å². The molecule has 0 amide bonds. The molecule has 0 heterocycles. The number of carbonyl (C=O) groups excluding carboxylic acids is 1. The Labute approximate surface area is 103 Å². The molecule has 0 saturated carbocycles. The second-order valence-electron chi connectivity index (χ2n) is 3.21. The van der Waals surface area contributed by atoms with Gasteiger partial charge < -0.3 is 4.74 Å². The van der Waals surface area contributed by atoms with E-state index in [0.29, 0.717) is 0 Å². The summed E-state index contributed by atoms with van der Waals surface area (Å²) in [5.41, 5.74) is -0.0362. The minimum atomic E-state index is -1.11. The van der Waals surface area contributed by atoms with Gasteiger partial charge in [0.1, 0.15) is 12.5 Å². The molecule has 0 bridgehead atoms. The maximum absolute atomic E-state index is 13.0. The van der Waals surface area contributed by atoms with Gasteiger partial charge in [-0.2, -0.15) is 5.26 Å². The summed E-state index contributed by atoms with van der Waals surface area (Å²) in [4.78, 5) is 11.0. The van der Waals surface area contributed by atoms with E-state index in [2.05, 4.69) is 16.6 Å². The maximum Gasteiger partial charge on any atom is 0.317 e. The Kier molecular flexibility index (Phi) is 4.83. The number of ether oxygens (including phenoxy) is 1. The summed E-state index contributed by atoms with van der Waals surface area (Å²) in [5.74, 6) is 2.18. The molecule has 3 nitrogen and oxygen atoms in total. The van der Waals surface area contributed by atoms with Crippen LogP contribution in [-0.2, 0) is 9.53 Å². The van der Waals surface area contributed by atoms with E-state index in [0.717, 1.165) is 12.1 Å². The summed E-state index contributed by atoms with van der Waals surface area (Å²) in [6, 6.07) is 3.29. The van der Waals surface area contributed by atoms with Crippen LogP contribution in [0.3, 0.4) is 0 Å². The average Bonchev–Trinajstić information content (AvgIpc) is 2.33. The van der Waals surface area contributed by atoms with Gasteiger partial charge in [-0.05, 0) is 19.1 Å². The third kappa shape index (κ3) is 3.57. The molecule has 0 radical (unpaired) electrons. The lowest BCUT2D eigenvalue weighted by Crippen LogP contribution is -2.01. The first-order chi connectivity index (χ1) is 8.58. The van der Waals surface area contributed by atoms with Crippen molar-refractivity contribution in [2.24, 2.45) is 0 Å². The summed E-state index contributed by atoms with van der Waals surface area (Å²) >= 11 is 0. The second kappa shape index (κ2) is 6.36. The third-order valence-electron chi connectivity index (χ3n) is 1.94. The fraction of sp³-hybridized carbons (Fsp3) is 0.231. The van der Waals surface area contributed by atoms with Crippen molar-refractivity contribution in [1.29, 1.82) is 5.26 Å². The van der Waals surface area contributed by atoms with E-state index >= 15 is 0 Å². The van der Waals surface area contributed by atoms with E-state index in [1.54, 1.807) is 13.0 Å². The predicted octanol–water partition coefficient (Wildman–Crippen LogP) is 2.14. The highest BCUT2D eigenvalue weighted by molar-refractivity contribution is 5.72. The van der Waals surface area contributed by atoms with Gasteiger partial charge in [0.05, 0.1) is 12.2 Å². The van der Waals surface area contributed by atoms with E-state index in [1.165, 1.54) is 0 Å². The number of hydrogen-bond donors (Lipinski definition) is 0. The molecule has 1 aromatic rings. The zero-order valence-corrected chi connectivity index (χ0v) is 9.59. The fourth-order valence-electron chi connectivity index (χ4n) is 1.17. The molecule has 5 heteroatoms. The molecular formula is C13H9F2NO2. The Balaban J connectivity index is 2.92. The van der Waals surface area contributed by atoms with E-state index in [-0.39, 0.29) is 24.2 Å². The summed E-state index contributed by atoms with van der Waals surface area (Å²) in [6.07, 6.45) is -0.169. The van der Waals surface area contributed by atoms with Gasteiger partial charge in [-0.25, -0.2) is 8.78 Å². The summed E-state index contributed by atoms with van der Waals surface area (Å²) < 4.78 is 30.4. The van der Waals surface area contributed by atoms with E-state index in [9.17, 15) is 13.6 Å². The normalized spacial score (nSPS) is 9.00. The van der Waals surface area contributed by atoms with Crippen molar-refractivity contribution in [3.63, 3.8) is 0 Å². The van der Waals surface area contributed by atoms with Gasteiger partial charge in [0, 0.05) is 5.56 Å². The van der Waals surface area contributed by atoms with Gasteiger partial charge in [0.15, 0.2) is 11.6 Å². The Morgan fingerprint density at radius 1 is 1.33 bits per heavy atom. The van der Waals surface area contributed by atoms with Crippen molar-refractivity contribution in [2.45, 2.75) is 13.3 Å². The van der Waals surface area contributed by atoms with E-state index in [1.807, 2.05) is 0 Å². The lowest BCUT2D eigenvalue weighted by atomic mass is 10.1. The second-order valence-corrected chi connectivity index (χ2v) is 3.21. The number of nitrogens with zero attached hydrogens (tertiary/aromatic N) is 1. The van der Waals surface area contributed by atoms with Crippen LogP contribution in [0.25, 0.3) is 0 Å². The first-order valence-corrected chi connectivity index (χ1v) is 5.12. The Hall–Kier alpha value is -2.40. The van der Waals surface area contributed by atoms with Crippen molar-refractivity contribution in [3.8, 4) is 17.9 Å². The molecule has 0 fully saturated rings. The summed E-state index contributed by atoms with van der Waals surface area (Å²) in [5, 5.41) is 8.73. The van der Waals surface area contributed by atoms with Crippen LogP contribution in [0.1, 0.15) is 24.5 Å². The lowest BCUT2D eigenvalue weighted by molar-refractivity contribution is -0.141. The van der Waals surface area contributed by atoms with Gasteiger partial charge in [-0.1, -0.05) is 11.8 Å². The number of nitriles is 1. The molecule has 0 saturated heterocycles. The number of carbonyl (C=O) groups is 1.